The van der Waals surface area contributed by atoms with Crippen LogP contribution in [-0.2, 0) is 21.2 Å². The quantitative estimate of drug-likeness (QED) is 0.875. The summed E-state index contributed by atoms with van der Waals surface area (Å²) in [6, 6.07) is 7.73. The van der Waals surface area contributed by atoms with Crippen LogP contribution in [0.3, 0.4) is 0 Å². The van der Waals surface area contributed by atoms with E-state index in [1.807, 2.05) is 0 Å². The third-order valence-corrected chi connectivity index (χ3v) is 3.95. The van der Waals surface area contributed by atoms with E-state index in [2.05, 4.69) is 9.71 Å². The molecule has 1 aromatic carbocycles. The summed E-state index contributed by atoms with van der Waals surface area (Å²) >= 11 is 0. The first-order chi connectivity index (χ1) is 9.88. The van der Waals surface area contributed by atoms with Crippen LogP contribution in [0.2, 0.25) is 0 Å². The number of aromatic nitrogens is 1. The van der Waals surface area contributed by atoms with E-state index in [-0.39, 0.29) is 17.8 Å². The number of carbonyl (C=O) groups is 1. The van der Waals surface area contributed by atoms with Gasteiger partial charge in [-0.05, 0) is 24.3 Å². The zero-order valence-corrected chi connectivity index (χ0v) is 11.5. The standard InChI is InChI=1S/C13H11FN2O4S/c14-11-3-1-2-4-12(11)21(19,20)16-10-6-5-9(15-8-10)7-13(17)18/h1-6,8,16H,7H2,(H,17,18). The van der Waals surface area contributed by atoms with Crippen molar-refractivity contribution in [2.24, 2.45) is 0 Å². The fraction of sp³-hybridized carbons (Fsp3) is 0.0769. The van der Waals surface area contributed by atoms with Crippen molar-refractivity contribution in [1.29, 1.82) is 0 Å². The van der Waals surface area contributed by atoms with Gasteiger partial charge >= 0.3 is 5.97 Å². The number of anilines is 1. The van der Waals surface area contributed by atoms with Gasteiger partial charge in [0.25, 0.3) is 10.0 Å². The van der Waals surface area contributed by atoms with E-state index in [4.69, 9.17) is 5.11 Å². The number of carboxylic acids is 1. The molecular formula is C13H11FN2O4S. The molecule has 0 saturated carbocycles. The normalized spacial score (nSPS) is 11.1. The molecule has 0 aliphatic rings. The van der Waals surface area contributed by atoms with Gasteiger partial charge in [0.15, 0.2) is 0 Å². The lowest BCUT2D eigenvalue weighted by Crippen LogP contribution is -2.14. The molecule has 2 N–H and O–H groups in total. The largest absolute Gasteiger partial charge is 0.481 e. The smallest absolute Gasteiger partial charge is 0.309 e. The SMILES string of the molecule is O=C(O)Cc1ccc(NS(=O)(=O)c2ccccc2F)cn1. The number of sulfonamides is 1. The molecule has 0 aliphatic heterocycles. The highest BCUT2D eigenvalue weighted by Gasteiger charge is 2.18. The molecule has 1 heterocycles. The number of hydrogen-bond acceptors (Lipinski definition) is 4. The lowest BCUT2D eigenvalue weighted by Gasteiger charge is -2.08. The lowest BCUT2D eigenvalue weighted by molar-refractivity contribution is -0.136. The van der Waals surface area contributed by atoms with Crippen LogP contribution < -0.4 is 4.72 Å². The highest BCUT2D eigenvalue weighted by molar-refractivity contribution is 7.92. The number of nitrogens with zero attached hydrogens (tertiary/aromatic N) is 1. The Hall–Kier alpha value is -2.48. The number of benzene rings is 1. The molecule has 0 radical (unpaired) electrons. The molecule has 6 nitrogen and oxygen atoms in total. The average molecular weight is 310 g/mol. The summed E-state index contributed by atoms with van der Waals surface area (Å²) < 4.78 is 39.7. The third-order valence-electron chi connectivity index (χ3n) is 2.54. The Morgan fingerprint density at radius 3 is 2.52 bits per heavy atom. The number of aliphatic carboxylic acids is 1. The van der Waals surface area contributed by atoms with E-state index in [0.29, 0.717) is 0 Å². The van der Waals surface area contributed by atoms with Gasteiger partial charge in [-0.1, -0.05) is 12.1 Å². The molecule has 110 valence electrons. The molecule has 1 aromatic heterocycles. The van der Waals surface area contributed by atoms with Crippen LogP contribution in [-0.4, -0.2) is 24.5 Å². The van der Waals surface area contributed by atoms with Gasteiger partial charge in [0.05, 0.1) is 24.0 Å². The van der Waals surface area contributed by atoms with Crippen molar-refractivity contribution in [1.82, 2.24) is 4.98 Å². The second kappa shape index (κ2) is 5.88. The second-order valence-electron chi connectivity index (χ2n) is 4.14. The molecule has 0 saturated heterocycles. The molecule has 0 amide bonds. The number of carboxylic acid groups (broad SMARTS) is 1. The van der Waals surface area contributed by atoms with Gasteiger partial charge < -0.3 is 5.11 Å². The van der Waals surface area contributed by atoms with Crippen molar-refractivity contribution < 1.29 is 22.7 Å². The van der Waals surface area contributed by atoms with Gasteiger partial charge in [0.1, 0.15) is 10.7 Å². The molecular weight excluding hydrogens is 299 g/mol. The summed E-state index contributed by atoms with van der Waals surface area (Å²) in [5.74, 6) is -1.90. The van der Waals surface area contributed by atoms with E-state index in [0.717, 1.165) is 12.1 Å². The maximum Gasteiger partial charge on any atom is 0.309 e. The highest BCUT2D eigenvalue weighted by atomic mass is 32.2. The fourth-order valence-electron chi connectivity index (χ4n) is 1.62. The minimum absolute atomic E-state index is 0.118. The van der Waals surface area contributed by atoms with Gasteiger partial charge in [0, 0.05) is 0 Å². The minimum Gasteiger partial charge on any atom is -0.481 e. The van der Waals surface area contributed by atoms with Gasteiger partial charge in [0.2, 0.25) is 0 Å². The average Bonchev–Trinajstić information content (AvgIpc) is 2.40. The highest BCUT2D eigenvalue weighted by Crippen LogP contribution is 2.18. The first kappa shape index (κ1) is 14.9. The molecule has 2 rings (SSSR count). The maximum absolute atomic E-state index is 13.5. The van der Waals surface area contributed by atoms with Gasteiger partial charge in [-0.2, -0.15) is 0 Å². The summed E-state index contributed by atoms with van der Waals surface area (Å²) in [6.07, 6.45) is 0.914. The summed E-state index contributed by atoms with van der Waals surface area (Å²) in [5, 5.41) is 8.61. The molecule has 0 atom stereocenters. The molecule has 0 fully saturated rings. The van der Waals surface area contributed by atoms with Crippen molar-refractivity contribution in [2.45, 2.75) is 11.3 Å². The molecule has 8 heteroatoms. The molecule has 0 bridgehead atoms. The van der Waals surface area contributed by atoms with Crippen LogP contribution in [0.25, 0.3) is 0 Å². The van der Waals surface area contributed by atoms with Crippen LogP contribution in [0, 0.1) is 5.82 Å². The zero-order valence-electron chi connectivity index (χ0n) is 10.7. The molecule has 2 aromatic rings. The zero-order chi connectivity index (χ0) is 15.5. The van der Waals surface area contributed by atoms with Gasteiger partial charge in [-0.15, -0.1) is 0 Å². The van der Waals surface area contributed by atoms with Crippen molar-refractivity contribution >= 4 is 21.7 Å². The van der Waals surface area contributed by atoms with Crippen LogP contribution in [0.1, 0.15) is 5.69 Å². The summed E-state index contributed by atoms with van der Waals surface area (Å²) in [6.45, 7) is 0. The number of halogens is 1. The summed E-state index contributed by atoms with van der Waals surface area (Å²) in [5.41, 5.74) is 0.406. The van der Waals surface area contributed by atoms with Crippen LogP contribution in [0.15, 0.2) is 47.5 Å². The Morgan fingerprint density at radius 2 is 1.95 bits per heavy atom. The lowest BCUT2D eigenvalue weighted by atomic mass is 10.3. The molecule has 0 spiro atoms. The number of nitrogens with one attached hydrogen (secondary N) is 1. The molecule has 0 aliphatic carbocycles. The van der Waals surface area contributed by atoms with Gasteiger partial charge in [-0.25, -0.2) is 12.8 Å². The fourth-order valence-corrected chi connectivity index (χ4v) is 2.74. The summed E-state index contributed by atoms with van der Waals surface area (Å²) in [4.78, 5) is 13.9. The van der Waals surface area contributed by atoms with Crippen molar-refractivity contribution in [3.63, 3.8) is 0 Å². The molecule has 21 heavy (non-hydrogen) atoms. The monoisotopic (exact) mass is 310 g/mol. The number of hydrogen-bond donors (Lipinski definition) is 2. The third kappa shape index (κ3) is 3.76. The summed E-state index contributed by atoms with van der Waals surface area (Å²) in [7, 11) is -4.06. The van der Waals surface area contributed by atoms with Crippen LogP contribution in [0.5, 0.6) is 0 Å². The predicted molar refractivity (Wildman–Crippen MR) is 72.8 cm³/mol. The topological polar surface area (TPSA) is 96.4 Å². The number of pyridine rings is 1. The van der Waals surface area contributed by atoms with E-state index in [9.17, 15) is 17.6 Å². The van der Waals surface area contributed by atoms with E-state index in [1.165, 1.54) is 30.5 Å². The Labute approximate surface area is 120 Å². The molecule has 0 unspecified atom stereocenters. The Balaban J connectivity index is 2.21. The first-order valence-electron chi connectivity index (χ1n) is 5.82. The Morgan fingerprint density at radius 1 is 1.24 bits per heavy atom. The van der Waals surface area contributed by atoms with E-state index < -0.39 is 26.7 Å². The Bertz CT molecular complexity index is 760. The maximum atomic E-state index is 13.5. The van der Waals surface area contributed by atoms with Crippen molar-refractivity contribution in [3.8, 4) is 0 Å². The van der Waals surface area contributed by atoms with Crippen molar-refractivity contribution in [3.05, 3.63) is 54.1 Å². The van der Waals surface area contributed by atoms with Gasteiger partial charge in [-0.3, -0.25) is 14.5 Å². The Kier molecular flexibility index (Phi) is 4.18. The predicted octanol–water partition coefficient (Wildman–Crippen LogP) is 1.65. The van der Waals surface area contributed by atoms with E-state index >= 15 is 0 Å². The minimum atomic E-state index is -4.06. The van der Waals surface area contributed by atoms with Crippen LogP contribution in [0.4, 0.5) is 10.1 Å². The van der Waals surface area contributed by atoms with E-state index in [1.54, 1.807) is 0 Å². The second-order valence-corrected chi connectivity index (χ2v) is 5.80. The van der Waals surface area contributed by atoms with Crippen LogP contribution >= 0.6 is 0 Å². The first-order valence-corrected chi connectivity index (χ1v) is 7.31. The number of rotatable bonds is 5. The van der Waals surface area contributed by atoms with Crippen molar-refractivity contribution in [2.75, 3.05) is 4.72 Å².